The molecule has 3 aliphatic heterocycles. The van der Waals surface area contributed by atoms with E-state index in [4.69, 9.17) is 4.74 Å². The Kier molecular flexibility index (Phi) is 11.7. The lowest BCUT2D eigenvalue weighted by molar-refractivity contribution is -0.137. The van der Waals surface area contributed by atoms with Crippen LogP contribution in [-0.4, -0.2) is 98.6 Å². The average Bonchev–Trinajstić information content (AvgIpc) is 3.06. The van der Waals surface area contributed by atoms with E-state index in [9.17, 15) is 9.59 Å². The van der Waals surface area contributed by atoms with Crippen molar-refractivity contribution in [1.82, 2.24) is 20.0 Å². The first-order valence-electron chi connectivity index (χ1n) is 10.2. The lowest BCUT2D eigenvalue weighted by atomic mass is 9.95. The molecule has 3 rings (SSSR count). The summed E-state index contributed by atoms with van der Waals surface area (Å²) in [5.74, 6) is 0.861. The standard InChI is InChI=1S/C19H34N4O3.2ClH/c1-2-20-14-16-3-5-22(6-4-16)19(25)17-13-18(24)23(15-17)8-7-21-9-11-26-12-10-21;;/h16-17,20H,2-15H2,1H3;2*1H. The number of piperidine rings is 1. The van der Waals surface area contributed by atoms with Crippen LogP contribution >= 0.6 is 24.8 Å². The Labute approximate surface area is 181 Å². The summed E-state index contributed by atoms with van der Waals surface area (Å²) in [4.78, 5) is 31.4. The summed E-state index contributed by atoms with van der Waals surface area (Å²) < 4.78 is 5.36. The number of carbonyl (C=O) groups excluding carboxylic acids is 2. The van der Waals surface area contributed by atoms with Gasteiger partial charge in [0.2, 0.25) is 11.8 Å². The summed E-state index contributed by atoms with van der Waals surface area (Å²) in [6, 6.07) is 0. The number of rotatable bonds is 7. The first kappa shape index (κ1) is 25.4. The molecule has 1 atom stereocenters. The zero-order chi connectivity index (χ0) is 18.4. The predicted molar refractivity (Wildman–Crippen MR) is 114 cm³/mol. The molecule has 0 aliphatic carbocycles. The maximum absolute atomic E-state index is 12.8. The van der Waals surface area contributed by atoms with Crippen LogP contribution in [0, 0.1) is 11.8 Å². The number of hydrogen-bond donors (Lipinski definition) is 1. The molecule has 0 saturated carbocycles. The van der Waals surface area contributed by atoms with Gasteiger partial charge in [-0.3, -0.25) is 14.5 Å². The zero-order valence-corrected chi connectivity index (χ0v) is 18.6. The third-order valence-electron chi connectivity index (χ3n) is 5.96. The normalized spacial score (nSPS) is 24.0. The Hall–Kier alpha value is -0.600. The Morgan fingerprint density at radius 1 is 1.11 bits per heavy atom. The van der Waals surface area contributed by atoms with E-state index >= 15 is 0 Å². The van der Waals surface area contributed by atoms with Gasteiger partial charge in [-0.15, -0.1) is 24.8 Å². The van der Waals surface area contributed by atoms with Crippen molar-refractivity contribution in [3.8, 4) is 0 Å². The Morgan fingerprint density at radius 3 is 2.43 bits per heavy atom. The molecular weight excluding hydrogens is 403 g/mol. The monoisotopic (exact) mass is 438 g/mol. The maximum atomic E-state index is 12.8. The third kappa shape index (κ3) is 7.02. The van der Waals surface area contributed by atoms with E-state index in [0.29, 0.717) is 18.9 Å². The number of hydrogen-bond acceptors (Lipinski definition) is 5. The Bertz CT molecular complexity index is 484. The molecule has 7 nitrogen and oxygen atoms in total. The van der Waals surface area contributed by atoms with Crippen molar-refractivity contribution in [2.75, 3.05) is 72.1 Å². The lowest BCUT2D eigenvalue weighted by Gasteiger charge is -2.33. The molecule has 0 radical (unpaired) electrons. The van der Waals surface area contributed by atoms with Gasteiger partial charge in [-0.2, -0.15) is 0 Å². The number of carbonyl (C=O) groups is 2. The van der Waals surface area contributed by atoms with Crippen LogP contribution < -0.4 is 5.32 Å². The van der Waals surface area contributed by atoms with E-state index in [0.717, 1.165) is 78.4 Å². The minimum Gasteiger partial charge on any atom is -0.379 e. The van der Waals surface area contributed by atoms with Gasteiger partial charge in [0.25, 0.3) is 0 Å². The summed E-state index contributed by atoms with van der Waals surface area (Å²) in [7, 11) is 0. The fourth-order valence-corrected chi connectivity index (χ4v) is 4.20. The molecule has 164 valence electrons. The summed E-state index contributed by atoms with van der Waals surface area (Å²) >= 11 is 0. The van der Waals surface area contributed by atoms with Crippen LogP contribution in [0.2, 0.25) is 0 Å². The molecule has 3 saturated heterocycles. The van der Waals surface area contributed by atoms with Crippen molar-refractivity contribution in [1.29, 1.82) is 0 Å². The number of nitrogens with one attached hydrogen (secondary N) is 1. The minimum atomic E-state index is -0.141. The highest BCUT2D eigenvalue weighted by Gasteiger charge is 2.37. The summed E-state index contributed by atoms with van der Waals surface area (Å²) in [6.45, 7) is 11.5. The number of halogens is 2. The number of likely N-dealkylation sites (tertiary alicyclic amines) is 2. The van der Waals surface area contributed by atoms with Gasteiger partial charge in [-0.25, -0.2) is 0 Å². The second kappa shape index (κ2) is 12.9. The van der Waals surface area contributed by atoms with E-state index in [1.165, 1.54) is 0 Å². The van der Waals surface area contributed by atoms with Gasteiger partial charge in [0.15, 0.2) is 0 Å². The number of ether oxygens (including phenoxy) is 1. The van der Waals surface area contributed by atoms with Crippen molar-refractivity contribution in [2.24, 2.45) is 11.8 Å². The van der Waals surface area contributed by atoms with Crippen molar-refractivity contribution in [3.05, 3.63) is 0 Å². The maximum Gasteiger partial charge on any atom is 0.227 e. The number of nitrogens with zero attached hydrogens (tertiary/aromatic N) is 3. The average molecular weight is 439 g/mol. The highest BCUT2D eigenvalue weighted by Crippen LogP contribution is 2.24. The SMILES string of the molecule is CCNCC1CCN(C(=O)C2CC(=O)N(CCN3CCOCC3)C2)CC1.Cl.Cl. The predicted octanol–water partition coefficient (Wildman–Crippen LogP) is 0.859. The summed E-state index contributed by atoms with van der Waals surface area (Å²) in [5, 5.41) is 3.40. The largest absolute Gasteiger partial charge is 0.379 e. The molecule has 1 unspecified atom stereocenters. The Balaban J connectivity index is 0.00000196. The molecule has 3 aliphatic rings. The van der Waals surface area contributed by atoms with Crippen LogP contribution in [0.4, 0.5) is 0 Å². The van der Waals surface area contributed by atoms with Crippen LogP contribution in [0.5, 0.6) is 0 Å². The van der Waals surface area contributed by atoms with Gasteiger partial charge in [0.1, 0.15) is 0 Å². The fraction of sp³-hybridized carbons (Fsp3) is 0.895. The molecule has 1 N–H and O–H groups in total. The molecule has 0 spiro atoms. The molecule has 0 aromatic heterocycles. The first-order valence-corrected chi connectivity index (χ1v) is 10.2. The van der Waals surface area contributed by atoms with Gasteiger partial charge < -0.3 is 19.9 Å². The van der Waals surface area contributed by atoms with E-state index in [2.05, 4.69) is 17.1 Å². The quantitative estimate of drug-likeness (QED) is 0.638. The van der Waals surface area contributed by atoms with Crippen LogP contribution in [0.1, 0.15) is 26.2 Å². The molecular formula is C19H36Cl2N4O3. The molecule has 3 heterocycles. The number of amides is 2. The molecule has 2 amide bonds. The highest BCUT2D eigenvalue weighted by molar-refractivity contribution is 5.89. The summed E-state index contributed by atoms with van der Waals surface area (Å²) in [6.07, 6.45) is 2.53. The summed E-state index contributed by atoms with van der Waals surface area (Å²) in [5.41, 5.74) is 0. The van der Waals surface area contributed by atoms with Crippen LogP contribution in [0.3, 0.4) is 0 Å². The smallest absolute Gasteiger partial charge is 0.227 e. The van der Waals surface area contributed by atoms with Crippen molar-refractivity contribution >= 4 is 36.6 Å². The number of morpholine rings is 1. The highest BCUT2D eigenvalue weighted by atomic mass is 35.5. The second-order valence-electron chi connectivity index (χ2n) is 7.77. The van der Waals surface area contributed by atoms with Gasteiger partial charge in [-0.1, -0.05) is 6.92 Å². The minimum absolute atomic E-state index is 0. The van der Waals surface area contributed by atoms with Gasteiger partial charge in [0, 0.05) is 52.2 Å². The van der Waals surface area contributed by atoms with Crippen molar-refractivity contribution < 1.29 is 14.3 Å². The van der Waals surface area contributed by atoms with Crippen LogP contribution in [0.15, 0.2) is 0 Å². The van der Waals surface area contributed by atoms with E-state index in [1.807, 2.05) is 9.80 Å². The van der Waals surface area contributed by atoms with Gasteiger partial charge in [0.05, 0.1) is 19.1 Å². The molecule has 0 aromatic carbocycles. The molecule has 3 fully saturated rings. The Morgan fingerprint density at radius 2 is 1.79 bits per heavy atom. The fourth-order valence-electron chi connectivity index (χ4n) is 4.20. The van der Waals surface area contributed by atoms with Crippen molar-refractivity contribution in [2.45, 2.75) is 26.2 Å². The van der Waals surface area contributed by atoms with Gasteiger partial charge >= 0.3 is 0 Å². The van der Waals surface area contributed by atoms with Crippen LogP contribution in [0.25, 0.3) is 0 Å². The topological polar surface area (TPSA) is 65.1 Å². The van der Waals surface area contributed by atoms with Crippen LogP contribution in [-0.2, 0) is 14.3 Å². The van der Waals surface area contributed by atoms with Crippen molar-refractivity contribution in [3.63, 3.8) is 0 Å². The zero-order valence-electron chi connectivity index (χ0n) is 16.9. The lowest BCUT2D eigenvalue weighted by Crippen LogP contribution is -2.44. The van der Waals surface area contributed by atoms with E-state index < -0.39 is 0 Å². The van der Waals surface area contributed by atoms with E-state index in [-0.39, 0.29) is 42.5 Å². The van der Waals surface area contributed by atoms with Gasteiger partial charge in [-0.05, 0) is 31.8 Å². The van der Waals surface area contributed by atoms with E-state index in [1.54, 1.807) is 0 Å². The molecule has 0 bridgehead atoms. The molecule has 0 aromatic rings. The molecule has 9 heteroatoms. The molecule has 28 heavy (non-hydrogen) atoms. The second-order valence-corrected chi connectivity index (χ2v) is 7.77. The third-order valence-corrected chi connectivity index (χ3v) is 5.96. The first-order chi connectivity index (χ1) is 12.7.